The topological polar surface area (TPSA) is 89.1 Å². The third-order valence-electron chi connectivity index (χ3n) is 7.09. The first-order valence-electron chi connectivity index (χ1n) is 12.4. The van der Waals surface area contributed by atoms with Gasteiger partial charge in [-0.1, -0.05) is 26.2 Å². The Morgan fingerprint density at radius 3 is 2.61 bits per heavy atom. The lowest BCUT2D eigenvalue weighted by Gasteiger charge is -2.40. The molecule has 3 fully saturated rings. The molecule has 2 atom stereocenters. The summed E-state index contributed by atoms with van der Waals surface area (Å²) in [5.41, 5.74) is -0.762. The minimum atomic E-state index is -0.762. The van der Waals surface area contributed by atoms with E-state index in [1.165, 1.54) is 56.4 Å². The number of carbonyl (C=O) groups is 2. The number of piperidine rings is 1. The first-order valence-corrected chi connectivity index (χ1v) is 12.4. The van der Waals surface area contributed by atoms with Crippen LogP contribution in [0.3, 0.4) is 0 Å². The number of nitrogens with one attached hydrogen (secondary N) is 3. The first kappa shape index (κ1) is 23.8. The molecule has 0 bridgehead atoms. The summed E-state index contributed by atoms with van der Waals surface area (Å²) < 4.78 is 0. The van der Waals surface area contributed by atoms with E-state index in [0.717, 1.165) is 25.1 Å². The number of guanidine groups is 1. The summed E-state index contributed by atoms with van der Waals surface area (Å²) in [6.45, 7) is 9.89. The van der Waals surface area contributed by atoms with Crippen LogP contribution < -0.4 is 16.0 Å². The lowest BCUT2D eigenvalue weighted by Crippen LogP contribution is -2.53. The molecular formula is C23H42N6O2. The van der Waals surface area contributed by atoms with Crippen LogP contribution in [-0.4, -0.2) is 78.0 Å². The van der Waals surface area contributed by atoms with Gasteiger partial charge in [0.1, 0.15) is 5.54 Å². The van der Waals surface area contributed by atoms with Gasteiger partial charge in [0.05, 0.1) is 0 Å². The largest absolute Gasteiger partial charge is 0.357 e. The van der Waals surface area contributed by atoms with Crippen LogP contribution in [-0.2, 0) is 4.79 Å². The fraction of sp³-hybridized carbons (Fsp3) is 0.870. The second kappa shape index (κ2) is 11.2. The molecule has 3 N–H and O–H groups in total. The number of imide groups is 1. The average molecular weight is 435 g/mol. The Morgan fingerprint density at radius 2 is 1.94 bits per heavy atom. The van der Waals surface area contributed by atoms with E-state index in [9.17, 15) is 9.59 Å². The van der Waals surface area contributed by atoms with Crippen molar-refractivity contribution in [1.29, 1.82) is 0 Å². The molecule has 3 amide bonds. The number of urea groups is 1. The number of hydrogen-bond donors (Lipinski definition) is 3. The van der Waals surface area contributed by atoms with Crippen molar-refractivity contribution in [2.24, 2.45) is 4.99 Å². The fourth-order valence-electron chi connectivity index (χ4n) is 5.02. The standard InChI is InChI=1S/C23H42N6O2/c1-4-23(3)20(30)29(22(31)27-23)16-10-14-25-21(24-5-2)26-18-11-9-15-28(17-18)19-12-7-6-8-13-19/h18-19H,4-17H2,1-3H3,(H,27,31)(H2,24,25,26). The number of likely N-dealkylation sites (tertiary alicyclic amines) is 1. The molecule has 0 aromatic heterocycles. The van der Waals surface area contributed by atoms with Crippen LogP contribution in [0.5, 0.6) is 0 Å². The van der Waals surface area contributed by atoms with E-state index in [0.29, 0.717) is 32.0 Å². The van der Waals surface area contributed by atoms with Crippen LogP contribution in [0.4, 0.5) is 4.79 Å². The number of hydrogen-bond acceptors (Lipinski definition) is 4. The monoisotopic (exact) mass is 434 g/mol. The number of amides is 3. The summed E-state index contributed by atoms with van der Waals surface area (Å²) in [4.78, 5) is 33.4. The van der Waals surface area contributed by atoms with Crippen LogP contribution >= 0.6 is 0 Å². The van der Waals surface area contributed by atoms with Crippen molar-refractivity contribution in [3.05, 3.63) is 0 Å². The summed E-state index contributed by atoms with van der Waals surface area (Å²) in [6.07, 6.45) is 10.5. The zero-order chi connectivity index (χ0) is 22.3. The lowest BCUT2D eigenvalue weighted by atomic mass is 9.92. The van der Waals surface area contributed by atoms with Gasteiger partial charge in [0.2, 0.25) is 0 Å². The molecule has 8 nitrogen and oxygen atoms in total. The highest BCUT2D eigenvalue weighted by Gasteiger charge is 2.45. The van der Waals surface area contributed by atoms with Crippen molar-refractivity contribution < 1.29 is 9.59 Å². The Bertz CT molecular complexity index is 648. The minimum absolute atomic E-state index is 0.126. The number of nitrogens with zero attached hydrogens (tertiary/aromatic N) is 3. The van der Waals surface area contributed by atoms with Gasteiger partial charge in [-0.05, 0) is 58.9 Å². The minimum Gasteiger partial charge on any atom is -0.357 e. The van der Waals surface area contributed by atoms with Gasteiger partial charge < -0.3 is 16.0 Å². The first-order chi connectivity index (χ1) is 15.0. The van der Waals surface area contributed by atoms with Gasteiger partial charge in [-0.15, -0.1) is 0 Å². The Morgan fingerprint density at radius 1 is 1.16 bits per heavy atom. The quantitative estimate of drug-likeness (QED) is 0.236. The molecule has 0 aromatic carbocycles. The Kier molecular flexibility index (Phi) is 8.58. The smallest absolute Gasteiger partial charge is 0.325 e. The van der Waals surface area contributed by atoms with Crippen LogP contribution in [0.25, 0.3) is 0 Å². The lowest BCUT2D eigenvalue weighted by molar-refractivity contribution is -0.130. The molecule has 2 unspecified atom stereocenters. The van der Waals surface area contributed by atoms with Gasteiger partial charge in [0, 0.05) is 38.3 Å². The molecule has 2 saturated heterocycles. The molecule has 0 aromatic rings. The number of carbonyl (C=O) groups excluding carboxylic acids is 2. The van der Waals surface area contributed by atoms with E-state index >= 15 is 0 Å². The third kappa shape index (κ3) is 6.11. The fourth-order valence-corrected chi connectivity index (χ4v) is 5.02. The molecule has 31 heavy (non-hydrogen) atoms. The Balaban J connectivity index is 1.47. The maximum atomic E-state index is 12.5. The molecule has 0 spiro atoms. The Hall–Kier alpha value is -1.83. The van der Waals surface area contributed by atoms with Crippen molar-refractivity contribution in [3.8, 4) is 0 Å². The third-order valence-corrected chi connectivity index (χ3v) is 7.09. The second-order valence-electron chi connectivity index (χ2n) is 9.46. The van der Waals surface area contributed by atoms with E-state index in [4.69, 9.17) is 4.99 Å². The summed E-state index contributed by atoms with van der Waals surface area (Å²) in [5, 5.41) is 9.79. The van der Waals surface area contributed by atoms with Crippen molar-refractivity contribution >= 4 is 17.9 Å². The van der Waals surface area contributed by atoms with E-state index in [1.807, 2.05) is 6.92 Å². The molecule has 1 aliphatic carbocycles. The van der Waals surface area contributed by atoms with Crippen LogP contribution in [0.15, 0.2) is 4.99 Å². The summed E-state index contributed by atoms with van der Waals surface area (Å²) >= 11 is 0. The van der Waals surface area contributed by atoms with E-state index in [-0.39, 0.29) is 11.9 Å². The molecule has 8 heteroatoms. The van der Waals surface area contributed by atoms with Crippen molar-refractivity contribution in [2.75, 3.05) is 32.7 Å². The van der Waals surface area contributed by atoms with E-state index in [1.54, 1.807) is 6.92 Å². The maximum absolute atomic E-state index is 12.5. The highest BCUT2D eigenvalue weighted by atomic mass is 16.2. The number of rotatable bonds is 8. The van der Waals surface area contributed by atoms with Crippen molar-refractivity contribution in [2.45, 2.75) is 96.2 Å². The molecule has 2 heterocycles. The average Bonchev–Trinajstić information content (AvgIpc) is 3.00. The molecule has 2 aliphatic heterocycles. The summed E-state index contributed by atoms with van der Waals surface area (Å²) in [6, 6.07) is 0.897. The maximum Gasteiger partial charge on any atom is 0.325 e. The van der Waals surface area contributed by atoms with Gasteiger partial charge in [0.25, 0.3) is 5.91 Å². The zero-order valence-electron chi connectivity index (χ0n) is 19.7. The normalized spacial score (nSPS) is 28.7. The number of aliphatic imine (C=N–C) groups is 1. The predicted octanol–water partition coefficient (Wildman–Crippen LogP) is 2.45. The van der Waals surface area contributed by atoms with Crippen molar-refractivity contribution in [3.63, 3.8) is 0 Å². The Labute approximate surface area is 187 Å². The van der Waals surface area contributed by atoms with E-state index in [2.05, 4.69) is 27.8 Å². The SMILES string of the molecule is CCNC(=NCCCN1C(=O)NC(C)(CC)C1=O)NC1CCCN(C2CCCCC2)C1. The molecular weight excluding hydrogens is 392 g/mol. The van der Waals surface area contributed by atoms with Crippen LogP contribution in [0.1, 0.15) is 78.6 Å². The molecule has 3 aliphatic rings. The van der Waals surface area contributed by atoms with Gasteiger partial charge in [-0.2, -0.15) is 0 Å². The zero-order valence-corrected chi connectivity index (χ0v) is 19.7. The van der Waals surface area contributed by atoms with Gasteiger partial charge >= 0.3 is 6.03 Å². The molecule has 3 rings (SSSR count). The van der Waals surface area contributed by atoms with E-state index < -0.39 is 5.54 Å². The van der Waals surface area contributed by atoms with Gasteiger partial charge in [-0.25, -0.2) is 4.79 Å². The predicted molar refractivity (Wildman–Crippen MR) is 124 cm³/mol. The van der Waals surface area contributed by atoms with Gasteiger partial charge in [0.15, 0.2) is 5.96 Å². The highest BCUT2D eigenvalue weighted by Crippen LogP contribution is 2.25. The van der Waals surface area contributed by atoms with Gasteiger partial charge in [-0.3, -0.25) is 19.6 Å². The van der Waals surface area contributed by atoms with Crippen LogP contribution in [0.2, 0.25) is 0 Å². The van der Waals surface area contributed by atoms with Crippen LogP contribution in [0, 0.1) is 0 Å². The molecule has 176 valence electrons. The summed E-state index contributed by atoms with van der Waals surface area (Å²) in [7, 11) is 0. The highest BCUT2D eigenvalue weighted by molar-refractivity contribution is 6.06. The summed E-state index contributed by atoms with van der Waals surface area (Å²) in [5.74, 6) is 0.715. The van der Waals surface area contributed by atoms with Crippen molar-refractivity contribution in [1.82, 2.24) is 25.8 Å². The second-order valence-corrected chi connectivity index (χ2v) is 9.46. The molecule has 0 radical (unpaired) electrons. The molecule has 1 saturated carbocycles.